The average molecular weight is 476 g/mol. The van der Waals surface area contributed by atoms with Crippen LogP contribution < -0.4 is 25.4 Å². The molecule has 3 amide bonds. The Morgan fingerprint density at radius 1 is 0.714 bits per heavy atom. The molecule has 182 valence electrons. The molecule has 3 rings (SSSR count). The molecule has 0 aromatic heterocycles. The predicted octanol–water partition coefficient (Wildman–Crippen LogP) is 4.35. The maximum Gasteiger partial charge on any atom is 0.255 e. The van der Waals surface area contributed by atoms with Gasteiger partial charge in [0.1, 0.15) is 17.5 Å². The summed E-state index contributed by atoms with van der Waals surface area (Å²) in [5.41, 5.74) is 1.49. The number of methoxy groups -OCH3 is 2. The number of amides is 3. The lowest BCUT2D eigenvalue weighted by Crippen LogP contribution is -2.47. The van der Waals surface area contributed by atoms with Crippen molar-refractivity contribution in [2.24, 2.45) is 5.92 Å². The number of rotatable bonds is 9. The Morgan fingerprint density at radius 2 is 1.34 bits per heavy atom. The van der Waals surface area contributed by atoms with Gasteiger partial charge in [-0.05, 0) is 54.4 Å². The first-order valence-electron chi connectivity index (χ1n) is 11.1. The molecule has 0 spiro atoms. The molecular weight excluding hydrogens is 446 g/mol. The topological polar surface area (TPSA) is 106 Å². The third-order valence-corrected chi connectivity index (χ3v) is 5.37. The molecule has 1 atom stereocenters. The summed E-state index contributed by atoms with van der Waals surface area (Å²) >= 11 is 0. The average Bonchev–Trinajstić information content (AvgIpc) is 2.87. The fourth-order valence-corrected chi connectivity index (χ4v) is 3.44. The van der Waals surface area contributed by atoms with E-state index < -0.39 is 11.9 Å². The summed E-state index contributed by atoms with van der Waals surface area (Å²) < 4.78 is 10.4. The molecular formula is C27H29N3O5. The molecule has 0 aliphatic rings. The molecule has 35 heavy (non-hydrogen) atoms. The number of ether oxygens (including phenoxy) is 2. The second-order valence-electron chi connectivity index (χ2n) is 8.11. The van der Waals surface area contributed by atoms with Gasteiger partial charge in [0, 0.05) is 5.56 Å². The SMILES string of the molecule is COc1ccc(C(=O)Nc2ccccc2C(=O)N[C@@H](C(=O)Nc2ccccc2OC)C(C)C)cc1. The van der Waals surface area contributed by atoms with Crippen molar-refractivity contribution in [3.8, 4) is 11.5 Å². The van der Waals surface area contributed by atoms with Gasteiger partial charge in [0.05, 0.1) is 31.2 Å². The largest absolute Gasteiger partial charge is 0.497 e. The highest BCUT2D eigenvalue weighted by Gasteiger charge is 2.26. The summed E-state index contributed by atoms with van der Waals surface area (Å²) in [6.45, 7) is 3.67. The summed E-state index contributed by atoms with van der Waals surface area (Å²) in [5.74, 6) is -0.284. The third kappa shape index (κ3) is 6.38. The van der Waals surface area contributed by atoms with Crippen molar-refractivity contribution in [2.75, 3.05) is 24.9 Å². The zero-order valence-electron chi connectivity index (χ0n) is 20.1. The Labute approximate surface area is 204 Å². The Bertz CT molecular complexity index is 1190. The molecule has 0 bridgehead atoms. The van der Waals surface area contributed by atoms with Crippen LogP contribution >= 0.6 is 0 Å². The minimum absolute atomic E-state index is 0.199. The minimum Gasteiger partial charge on any atom is -0.497 e. The molecule has 8 heteroatoms. The van der Waals surface area contributed by atoms with Gasteiger partial charge in [-0.3, -0.25) is 14.4 Å². The van der Waals surface area contributed by atoms with Crippen molar-refractivity contribution < 1.29 is 23.9 Å². The molecule has 0 saturated heterocycles. The number of nitrogens with one attached hydrogen (secondary N) is 3. The van der Waals surface area contributed by atoms with Crippen LogP contribution in [0.3, 0.4) is 0 Å². The van der Waals surface area contributed by atoms with Crippen molar-refractivity contribution >= 4 is 29.1 Å². The maximum absolute atomic E-state index is 13.2. The predicted molar refractivity (Wildman–Crippen MR) is 135 cm³/mol. The van der Waals surface area contributed by atoms with Crippen molar-refractivity contribution in [2.45, 2.75) is 19.9 Å². The first-order chi connectivity index (χ1) is 16.8. The van der Waals surface area contributed by atoms with E-state index >= 15 is 0 Å². The van der Waals surface area contributed by atoms with Crippen LogP contribution in [0.2, 0.25) is 0 Å². The van der Waals surface area contributed by atoms with E-state index in [1.165, 1.54) is 7.11 Å². The van der Waals surface area contributed by atoms with Gasteiger partial charge in [0.2, 0.25) is 5.91 Å². The van der Waals surface area contributed by atoms with Crippen LogP contribution in [-0.4, -0.2) is 38.0 Å². The summed E-state index contributed by atoms with van der Waals surface area (Å²) in [6.07, 6.45) is 0. The molecule has 0 heterocycles. The van der Waals surface area contributed by atoms with Crippen molar-refractivity contribution in [1.29, 1.82) is 0 Å². The zero-order valence-corrected chi connectivity index (χ0v) is 20.1. The number of para-hydroxylation sites is 3. The lowest BCUT2D eigenvalue weighted by atomic mass is 10.0. The van der Waals surface area contributed by atoms with E-state index in [-0.39, 0.29) is 23.3 Å². The molecule has 0 unspecified atom stereocenters. The fraction of sp³-hybridized carbons (Fsp3) is 0.222. The smallest absolute Gasteiger partial charge is 0.255 e. The van der Waals surface area contributed by atoms with Gasteiger partial charge >= 0.3 is 0 Å². The second-order valence-corrected chi connectivity index (χ2v) is 8.11. The third-order valence-electron chi connectivity index (χ3n) is 5.37. The Hall–Kier alpha value is -4.33. The zero-order chi connectivity index (χ0) is 25.4. The Morgan fingerprint density at radius 3 is 1.97 bits per heavy atom. The van der Waals surface area contributed by atoms with Crippen LogP contribution in [0.15, 0.2) is 72.8 Å². The van der Waals surface area contributed by atoms with E-state index in [1.807, 2.05) is 13.8 Å². The summed E-state index contributed by atoms with van der Waals surface area (Å²) in [4.78, 5) is 38.9. The molecule has 3 N–H and O–H groups in total. The van der Waals surface area contributed by atoms with Crippen molar-refractivity contribution in [3.05, 3.63) is 83.9 Å². The number of hydrogen-bond acceptors (Lipinski definition) is 5. The highest BCUT2D eigenvalue weighted by Crippen LogP contribution is 2.24. The van der Waals surface area contributed by atoms with Crippen molar-refractivity contribution in [1.82, 2.24) is 5.32 Å². The summed E-state index contributed by atoms with van der Waals surface area (Å²) in [6, 6.07) is 19.5. The van der Waals surface area contributed by atoms with E-state index in [9.17, 15) is 14.4 Å². The van der Waals surface area contributed by atoms with Crippen LogP contribution in [-0.2, 0) is 4.79 Å². The van der Waals surface area contributed by atoms with Gasteiger partial charge in [-0.15, -0.1) is 0 Å². The minimum atomic E-state index is -0.822. The highest BCUT2D eigenvalue weighted by atomic mass is 16.5. The van der Waals surface area contributed by atoms with Gasteiger partial charge in [-0.25, -0.2) is 0 Å². The lowest BCUT2D eigenvalue weighted by Gasteiger charge is -2.23. The van der Waals surface area contributed by atoms with E-state index in [2.05, 4.69) is 16.0 Å². The maximum atomic E-state index is 13.2. The number of carbonyl (C=O) groups excluding carboxylic acids is 3. The molecule has 8 nitrogen and oxygen atoms in total. The molecule has 3 aromatic rings. The van der Waals surface area contributed by atoms with Crippen LogP contribution in [0.4, 0.5) is 11.4 Å². The van der Waals surface area contributed by atoms with Gasteiger partial charge in [-0.2, -0.15) is 0 Å². The second kappa shape index (κ2) is 11.7. The number of hydrogen-bond donors (Lipinski definition) is 3. The van der Waals surface area contributed by atoms with Crippen LogP contribution in [0.25, 0.3) is 0 Å². The molecule has 3 aromatic carbocycles. The Balaban J connectivity index is 1.76. The van der Waals surface area contributed by atoms with E-state index in [1.54, 1.807) is 79.9 Å². The number of anilines is 2. The number of carbonyl (C=O) groups is 3. The van der Waals surface area contributed by atoms with Gasteiger partial charge in [0.15, 0.2) is 0 Å². The quantitative estimate of drug-likeness (QED) is 0.427. The molecule has 0 saturated carbocycles. The van der Waals surface area contributed by atoms with E-state index in [0.29, 0.717) is 28.4 Å². The van der Waals surface area contributed by atoms with Gasteiger partial charge in [0.25, 0.3) is 11.8 Å². The summed E-state index contributed by atoms with van der Waals surface area (Å²) in [5, 5.41) is 8.39. The van der Waals surface area contributed by atoms with Gasteiger partial charge in [-0.1, -0.05) is 38.1 Å². The van der Waals surface area contributed by atoms with E-state index in [4.69, 9.17) is 9.47 Å². The van der Waals surface area contributed by atoms with Gasteiger partial charge < -0.3 is 25.4 Å². The molecule has 0 radical (unpaired) electrons. The number of benzene rings is 3. The normalized spacial score (nSPS) is 11.3. The first kappa shape index (κ1) is 25.3. The van der Waals surface area contributed by atoms with Crippen LogP contribution in [0.1, 0.15) is 34.6 Å². The monoisotopic (exact) mass is 475 g/mol. The molecule has 0 aliphatic carbocycles. The van der Waals surface area contributed by atoms with Crippen LogP contribution in [0.5, 0.6) is 11.5 Å². The van der Waals surface area contributed by atoms with Crippen LogP contribution in [0, 0.1) is 5.92 Å². The van der Waals surface area contributed by atoms with E-state index in [0.717, 1.165) is 0 Å². The first-order valence-corrected chi connectivity index (χ1v) is 11.1. The lowest BCUT2D eigenvalue weighted by molar-refractivity contribution is -0.118. The molecule has 0 fully saturated rings. The fourth-order valence-electron chi connectivity index (χ4n) is 3.44. The van der Waals surface area contributed by atoms with Crippen molar-refractivity contribution in [3.63, 3.8) is 0 Å². The molecule has 0 aliphatic heterocycles. The Kier molecular flexibility index (Phi) is 8.45. The standard InChI is InChI=1S/C27H29N3O5/c1-17(2)24(27(33)29-22-11-7-8-12-23(22)35-4)30-26(32)20-9-5-6-10-21(20)28-25(31)18-13-15-19(34-3)16-14-18/h5-17,24H,1-4H3,(H,28,31)(H,29,33)(H,30,32)/t24-/m1/s1. The summed E-state index contributed by atoms with van der Waals surface area (Å²) in [7, 11) is 3.06. The highest BCUT2D eigenvalue weighted by molar-refractivity contribution is 6.10.